The molecule has 3 N–H and O–H groups in total. The highest BCUT2D eigenvalue weighted by molar-refractivity contribution is 7.92. The number of carbonyl (C=O) groups is 1. The molecule has 112 valence electrons. The number of anilines is 1. The third-order valence-electron chi connectivity index (χ3n) is 3.32. The topological polar surface area (TPSA) is 99.3 Å². The summed E-state index contributed by atoms with van der Waals surface area (Å²) >= 11 is 0. The second-order valence-electron chi connectivity index (χ2n) is 4.86. The molecule has 21 heavy (non-hydrogen) atoms. The summed E-state index contributed by atoms with van der Waals surface area (Å²) < 4.78 is 27.0. The molecule has 2 aromatic rings. The Kier molecular flexibility index (Phi) is 3.78. The molecule has 6 nitrogen and oxygen atoms in total. The maximum Gasteiger partial charge on any atom is 0.339 e. The Labute approximate surface area is 122 Å². The predicted octanol–water partition coefficient (Wildman–Crippen LogP) is 2.44. The van der Waals surface area contributed by atoms with Crippen LogP contribution < -0.4 is 4.72 Å². The summed E-state index contributed by atoms with van der Waals surface area (Å²) in [6, 6.07) is 4.76. The smallest absolute Gasteiger partial charge is 0.339 e. The van der Waals surface area contributed by atoms with E-state index in [4.69, 9.17) is 5.11 Å². The largest absolute Gasteiger partial charge is 0.478 e. The summed E-state index contributed by atoms with van der Waals surface area (Å²) in [6.45, 7) is 5.27. The highest BCUT2D eigenvalue weighted by Gasteiger charge is 2.21. The zero-order valence-corrected chi connectivity index (χ0v) is 12.7. The van der Waals surface area contributed by atoms with Gasteiger partial charge in [-0.2, -0.15) is 0 Å². The van der Waals surface area contributed by atoms with Gasteiger partial charge in [-0.25, -0.2) is 13.2 Å². The maximum atomic E-state index is 12.3. The molecule has 0 saturated carbocycles. The van der Waals surface area contributed by atoms with Gasteiger partial charge in [0.2, 0.25) is 0 Å². The van der Waals surface area contributed by atoms with Crippen LogP contribution in [-0.2, 0) is 10.0 Å². The van der Waals surface area contributed by atoms with Crippen molar-refractivity contribution in [2.45, 2.75) is 25.7 Å². The number of carboxylic acids is 1. The summed E-state index contributed by atoms with van der Waals surface area (Å²) in [7, 11) is -3.83. The Morgan fingerprint density at radius 1 is 1.19 bits per heavy atom. The minimum absolute atomic E-state index is 0.0261. The van der Waals surface area contributed by atoms with Crippen LogP contribution in [0.3, 0.4) is 0 Å². The van der Waals surface area contributed by atoms with E-state index in [1.54, 1.807) is 19.1 Å². The van der Waals surface area contributed by atoms with E-state index >= 15 is 0 Å². The van der Waals surface area contributed by atoms with Crippen LogP contribution in [0.15, 0.2) is 29.3 Å². The molecule has 0 fully saturated rings. The molecule has 0 aliphatic carbocycles. The Morgan fingerprint density at radius 3 is 2.43 bits per heavy atom. The highest BCUT2D eigenvalue weighted by atomic mass is 32.2. The van der Waals surface area contributed by atoms with Crippen LogP contribution >= 0.6 is 0 Å². The molecule has 0 amide bonds. The minimum atomic E-state index is -3.83. The third kappa shape index (κ3) is 2.92. The van der Waals surface area contributed by atoms with Gasteiger partial charge < -0.3 is 10.1 Å². The number of hydrogen-bond acceptors (Lipinski definition) is 3. The third-order valence-corrected chi connectivity index (χ3v) is 4.69. The van der Waals surface area contributed by atoms with Gasteiger partial charge in [0.05, 0.1) is 10.6 Å². The van der Waals surface area contributed by atoms with Gasteiger partial charge in [0.15, 0.2) is 0 Å². The molecule has 1 aromatic heterocycles. The average molecular weight is 308 g/mol. The predicted molar refractivity (Wildman–Crippen MR) is 79.2 cm³/mol. The van der Waals surface area contributed by atoms with Crippen LogP contribution in [0.4, 0.5) is 5.69 Å². The van der Waals surface area contributed by atoms with Gasteiger partial charge in [-0.05, 0) is 44.0 Å². The van der Waals surface area contributed by atoms with E-state index in [-0.39, 0.29) is 16.1 Å². The first-order valence-electron chi connectivity index (χ1n) is 6.23. The van der Waals surface area contributed by atoms with E-state index in [0.29, 0.717) is 5.69 Å². The molecule has 2 rings (SSSR count). The summed E-state index contributed by atoms with van der Waals surface area (Å²) in [5.41, 5.74) is 2.17. The molecular formula is C14H16N2O4S. The van der Waals surface area contributed by atoms with E-state index < -0.39 is 16.0 Å². The summed E-state index contributed by atoms with van der Waals surface area (Å²) in [5, 5.41) is 9.13. The maximum absolute atomic E-state index is 12.3. The number of H-pyrrole nitrogens is 1. The van der Waals surface area contributed by atoms with Crippen molar-refractivity contribution < 1.29 is 18.3 Å². The van der Waals surface area contributed by atoms with Gasteiger partial charge in [0.1, 0.15) is 5.56 Å². The lowest BCUT2D eigenvalue weighted by molar-refractivity contribution is 0.0697. The first-order chi connectivity index (χ1) is 9.72. The van der Waals surface area contributed by atoms with Crippen LogP contribution in [0.2, 0.25) is 0 Å². The van der Waals surface area contributed by atoms with Crippen molar-refractivity contribution in [1.29, 1.82) is 0 Å². The number of carboxylic acid groups (broad SMARTS) is 1. The molecule has 0 bridgehead atoms. The Balaban J connectivity index is 2.42. The van der Waals surface area contributed by atoms with E-state index in [1.165, 1.54) is 12.3 Å². The van der Waals surface area contributed by atoms with Gasteiger partial charge in [0, 0.05) is 11.9 Å². The first kappa shape index (κ1) is 15.1. The van der Waals surface area contributed by atoms with Crippen molar-refractivity contribution in [2.24, 2.45) is 0 Å². The summed E-state index contributed by atoms with van der Waals surface area (Å²) in [4.78, 5) is 14.0. The number of benzene rings is 1. The van der Waals surface area contributed by atoms with Crippen molar-refractivity contribution in [1.82, 2.24) is 4.98 Å². The number of aryl methyl sites for hydroxylation is 3. The van der Waals surface area contributed by atoms with Crippen molar-refractivity contribution >= 4 is 21.7 Å². The standard InChI is InChI=1S/C14H16N2O4S/c1-8-4-5-11(6-9(8)2)21(19,20)16-12-7-15-10(3)13(12)14(17)18/h4-7,15-16H,1-3H3,(H,17,18). The van der Waals surface area contributed by atoms with Crippen LogP contribution in [0, 0.1) is 20.8 Å². The molecule has 0 saturated heterocycles. The van der Waals surface area contributed by atoms with Gasteiger partial charge in [-0.1, -0.05) is 6.07 Å². The fraction of sp³-hybridized carbons (Fsp3) is 0.214. The number of sulfonamides is 1. The van der Waals surface area contributed by atoms with Crippen LogP contribution in [-0.4, -0.2) is 24.5 Å². The van der Waals surface area contributed by atoms with Crippen LogP contribution in [0.25, 0.3) is 0 Å². The van der Waals surface area contributed by atoms with Crippen molar-refractivity contribution in [3.05, 3.63) is 46.8 Å². The zero-order valence-electron chi connectivity index (χ0n) is 11.9. The van der Waals surface area contributed by atoms with E-state index in [1.807, 2.05) is 13.8 Å². The SMILES string of the molecule is Cc1ccc(S(=O)(=O)Nc2c[nH]c(C)c2C(=O)O)cc1C. The molecule has 0 atom stereocenters. The molecule has 0 spiro atoms. The normalized spacial score (nSPS) is 11.4. The molecule has 1 heterocycles. The molecule has 0 aliphatic heterocycles. The lowest BCUT2D eigenvalue weighted by Gasteiger charge is -2.09. The first-order valence-corrected chi connectivity index (χ1v) is 7.72. The van der Waals surface area contributed by atoms with E-state index in [0.717, 1.165) is 11.1 Å². The molecule has 1 aromatic carbocycles. The molecule has 0 radical (unpaired) electrons. The zero-order chi connectivity index (χ0) is 15.8. The Morgan fingerprint density at radius 2 is 1.86 bits per heavy atom. The monoisotopic (exact) mass is 308 g/mol. The molecular weight excluding hydrogens is 292 g/mol. The van der Waals surface area contributed by atoms with Crippen molar-refractivity contribution in [2.75, 3.05) is 4.72 Å². The molecule has 0 aliphatic rings. The van der Waals surface area contributed by atoms with Gasteiger partial charge >= 0.3 is 5.97 Å². The number of aromatic nitrogens is 1. The summed E-state index contributed by atoms with van der Waals surface area (Å²) in [5.74, 6) is -1.19. The number of aromatic amines is 1. The fourth-order valence-corrected chi connectivity index (χ4v) is 3.12. The highest BCUT2D eigenvalue weighted by Crippen LogP contribution is 2.23. The number of nitrogens with one attached hydrogen (secondary N) is 2. The molecule has 0 unspecified atom stereocenters. The number of hydrogen-bond donors (Lipinski definition) is 3. The molecule has 7 heteroatoms. The minimum Gasteiger partial charge on any atom is -0.478 e. The number of aromatic carboxylic acids is 1. The Hall–Kier alpha value is -2.28. The average Bonchev–Trinajstić information content (AvgIpc) is 2.73. The lowest BCUT2D eigenvalue weighted by atomic mass is 10.1. The second-order valence-corrected chi connectivity index (χ2v) is 6.54. The van der Waals surface area contributed by atoms with E-state index in [2.05, 4.69) is 9.71 Å². The van der Waals surface area contributed by atoms with Gasteiger partial charge in [-0.15, -0.1) is 0 Å². The number of rotatable bonds is 4. The van der Waals surface area contributed by atoms with Crippen LogP contribution in [0.1, 0.15) is 27.2 Å². The quantitative estimate of drug-likeness (QED) is 0.807. The van der Waals surface area contributed by atoms with Gasteiger partial charge in [-0.3, -0.25) is 4.72 Å². The van der Waals surface area contributed by atoms with Crippen molar-refractivity contribution in [3.63, 3.8) is 0 Å². The fourth-order valence-electron chi connectivity index (χ4n) is 1.97. The van der Waals surface area contributed by atoms with Crippen molar-refractivity contribution in [3.8, 4) is 0 Å². The van der Waals surface area contributed by atoms with Gasteiger partial charge in [0.25, 0.3) is 10.0 Å². The van der Waals surface area contributed by atoms with E-state index in [9.17, 15) is 13.2 Å². The summed E-state index contributed by atoms with van der Waals surface area (Å²) in [6.07, 6.45) is 1.33. The second kappa shape index (κ2) is 5.25. The lowest BCUT2D eigenvalue weighted by Crippen LogP contribution is -2.15. The Bertz CT molecular complexity index is 806. The van der Waals surface area contributed by atoms with Crippen LogP contribution in [0.5, 0.6) is 0 Å².